The molecule has 2 atom stereocenters. The number of rotatable bonds is 5. The second kappa shape index (κ2) is 7.00. The maximum Gasteiger partial charge on any atom is 0.245 e. The van der Waals surface area contributed by atoms with Crippen molar-refractivity contribution in [1.82, 2.24) is 10.2 Å². The van der Waals surface area contributed by atoms with Gasteiger partial charge in [-0.05, 0) is 0 Å². The summed E-state index contributed by atoms with van der Waals surface area (Å²) in [6, 6.07) is -0.557. The van der Waals surface area contributed by atoms with Gasteiger partial charge in [0.1, 0.15) is 6.04 Å². The smallest absolute Gasteiger partial charge is 0.245 e. The number of likely N-dealkylation sites (N-methyl/N-ethyl adjacent to an activating group) is 1. The number of carbonyl (C=O) groups excluding carboxylic acids is 2. The first-order valence-corrected chi connectivity index (χ1v) is 5.93. The Labute approximate surface area is 102 Å². The van der Waals surface area contributed by atoms with E-state index in [2.05, 4.69) is 30.6 Å². The Morgan fingerprint density at radius 1 is 1.27 bits per heavy atom. The molecule has 0 bridgehead atoms. The monoisotopic (exact) mass is 250 g/mol. The van der Waals surface area contributed by atoms with Gasteiger partial charge < -0.3 is 10.2 Å². The second-order valence-electron chi connectivity index (χ2n) is 3.56. The summed E-state index contributed by atoms with van der Waals surface area (Å²) in [4.78, 5) is 24.5. The Balaban J connectivity index is 4.34. The average Bonchev–Trinajstić information content (AvgIpc) is 2.22. The second-order valence-corrected chi connectivity index (χ2v) is 4.29. The van der Waals surface area contributed by atoms with E-state index in [1.54, 1.807) is 21.0 Å². The minimum absolute atomic E-state index is 0.148. The lowest BCUT2D eigenvalue weighted by Crippen LogP contribution is -2.49. The van der Waals surface area contributed by atoms with Crippen molar-refractivity contribution in [2.45, 2.75) is 13.0 Å². The third-order valence-electron chi connectivity index (χ3n) is 1.96. The van der Waals surface area contributed by atoms with Gasteiger partial charge in [-0.1, -0.05) is 6.92 Å². The van der Waals surface area contributed by atoms with Crippen LogP contribution in [0, 0.1) is 5.92 Å². The molecule has 0 radical (unpaired) electrons. The van der Waals surface area contributed by atoms with Crippen LogP contribution >= 0.6 is 25.3 Å². The van der Waals surface area contributed by atoms with Gasteiger partial charge in [0.25, 0.3) is 0 Å². The van der Waals surface area contributed by atoms with Gasteiger partial charge in [0, 0.05) is 31.5 Å². The number of nitrogens with one attached hydrogen (secondary N) is 1. The van der Waals surface area contributed by atoms with Gasteiger partial charge in [-0.3, -0.25) is 9.59 Å². The predicted octanol–water partition coefficient (Wildman–Crippen LogP) is 0.0551. The highest BCUT2D eigenvalue weighted by Gasteiger charge is 2.22. The molecule has 0 aromatic rings. The number of hydrogen-bond donors (Lipinski definition) is 3. The van der Waals surface area contributed by atoms with E-state index in [1.807, 2.05) is 0 Å². The zero-order valence-corrected chi connectivity index (χ0v) is 11.0. The van der Waals surface area contributed by atoms with Crippen LogP contribution in [-0.4, -0.2) is 48.4 Å². The van der Waals surface area contributed by atoms with E-state index in [1.165, 1.54) is 4.90 Å². The van der Waals surface area contributed by atoms with Crippen LogP contribution in [0.4, 0.5) is 0 Å². The summed E-state index contributed by atoms with van der Waals surface area (Å²) in [5.74, 6) is 0.234. The van der Waals surface area contributed by atoms with E-state index in [9.17, 15) is 9.59 Å². The lowest BCUT2D eigenvalue weighted by molar-refractivity contribution is -0.134. The van der Waals surface area contributed by atoms with Crippen LogP contribution in [0.25, 0.3) is 0 Å². The number of thiol groups is 2. The molecule has 2 unspecified atom stereocenters. The molecular formula is C9H18N2O2S2. The predicted molar refractivity (Wildman–Crippen MR) is 67.5 cm³/mol. The third kappa shape index (κ3) is 4.79. The Morgan fingerprint density at radius 2 is 1.80 bits per heavy atom. The van der Waals surface area contributed by atoms with Crippen LogP contribution < -0.4 is 5.32 Å². The van der Waals surface area contributed by atoms with Crippen molar-refractivity contribution in [3.8, 4) is 0 Å². The van der Waals surface area contributed by atoms with Crippen LogP contribution in [0.1, 0.15) is 6.92 Å². The Bertz CT molecular complexity index is 234. The standard InChI is InChI=1S/C9H18N2O2S2/c1-6(4-14)8(12)10-7(5-15)9(13)11(2)3/h6-7,14-15H,4-5H2,1-3H3,(H,10,12). The summed E-state index contributed by atoms with van der Waals surface area (Å²) < 4.78 is 0. The Morgan fingerprint density at radius 3 is 2.13 bits per heavy atom. The van der Waals surface area contributed by atoms with Crippen LogP contribution in [0.2, 0.25) is 0 Å². The van der Waals surface area contributed by atoms with E-state index < -0.39 is 6.04 Å². The molecule has 0 aliphatic carbocycles. The largest absolute Gasteiger partial charge is 0.347 e. The molecule has 0 heterocycles. The van der Waals surface area contributed by atoms with E-state index in [-0.39, 0.29) is 17.7 Å². The van der Waals surface area contributed by atoms with Gasteiger partial charge in [0.2, 0.25) is 11.8 Å². The first kappa shape index (κ1) is 14.6. The van der Waals surface area contributed by atoms with E-state index in [0.717, 1.165) is 0 Å². The quantitative estimate of drug-likeness (QED) is 0.604. The molecule has 88 valence electrons. The molecule has 4 nitrogen and oxygen atoms in total. The summed E-state index contributed by atoms with van der Waals surface area (Å²) in [6.07, 6.45) is 0. The topological polar surface area (TPSA) is 49.4 Å². The lowest BCUT2D eigenvalue weighted by Gasteiger charge is -2.21. The summed E-state index contributed by atoms with van der Waals surface area (Å²) >= 11 is 8.06. The SMILES string of the molecule is CC(CS)C(=O)NC(CS)C(=O)N(C)C. The Hall–Kier alpha value is -0.360. The number of carbonyl (C=O) groups is 2. The van der Waals surface area contributed by atoms with Gasteiger partial charge >= 0.3 is 0 Å². The molecule has 0 aliphatic heterocycles. The van der Waals surface area contributed by atoms with E-state index >= 15 is 0 Å². The molecule has 6 heteroatoms. The average molecular weight is 250 g/mol. The molecule has 0 saturated heterocycles. The van der Waals surface area contributed by atoms with Gasteiger partial charge in [0.05, 0.1) is 0 Å². The molecule has 0 spiro atoms. The van der Waals surface area contributed by atoms with Crippen molar-refractivity contribution in [2.24, 2.45) is 5.92 Å². The van der Waals surface area contributed by atoms with Crippen molar-refractivity contribution in [2.75, 3.05) is 25.6 Å². The molecule has 0 aliphatic rings. The molecule has 0 aromatic heterocycles. The number of hydrogen-bond acceptors (Lipinski definition) is 4. The maximum absolute atomic E-state index is 11.6. The van der Waals surface area contributed by atoms with Gasteiger partial charge in [-0.2, -0.15) is 25.3 Å². The molecule has 0 aromatic carbocycles. The highest BCUT2D eigenvalue weighted by molar-refractivity contribution is 7.80. The van der Waals surface area contributed by atoms with E-state index in [4.69, 9.17) is 0 Å². The number of nitrogens with zero attached hydrogens (tertiary/aromatic N) is 1. The van der Waals surface area contributed by atoms with Crippen LogP contribution in [0.15, 0.2) is 0 Å². The summed E-state index contributed by atoms with van der Waals surface area (Å²) in [6.45, 7) is 1.76. The summed E-state index contributed by atoms with van der Waals surface area (Å²) in [5.41, 5.74) is 0. The lowest BCUT2D eigenvalue weighted by atomic mass is 10.2. The molecule has 0 rings (SSSR count). The summed E-state index contributed by atoms with van der Waals surface area (Å²) in [5, 5.41) is 2.64. The van der Waals surface area contributed by atoms with Crippen LogP contribution in [0.3, 0.4) is 0 Å². The Kier molecular flexibility index (Phi) is 6.84. The molecule has 1 N–H and O–H groups in total. The van der Waals surface area contributed by atoms with Crippen molar-refractivity contribution < 1.29 is 9.59 Å². The van der Waals surface area contributed by atoms with Crippen LogP contribution in [-0.2, 0) is 9.59 Å². The van der Waals surface area contributed by atoms with Gasteiger partial charge in [-0.15, -0.1) is 0 Å². The van der Waals surface area contributed by atoms with Crippen molar-refractivity contribution >= 4 is 37.1 Å². The minimum Gasteiger partial charge on any atom is -0.347 e. The third-order valence-corrected chi connectivity index (χ3v) is 2.87. The maximum atomic E-state index is 11.6. The molecule has 2 amide bonds. The first-order valence-electron chi connectivity index (χ1n) is 4.67. The molecular weight excluding hydrogens is 232 g/mol. The first-order chi connectivity index (χ1) is 6.93. The fraction of sp³-hybridized carbons (Fsp3) is 0.778. The molecule has 15 heavy (non-hydrogen) atoms. The highest BCUT2D eigenvalue weighted by Crippen LogP contribution is 2.00. The molecule has 0 saturated carbocycles. The molecule has 0 fully saturated rings. The van der Waals surface area contributed by atoms with Crippen molar-refractivity contribution in [3.05, 3.63) is 0 Å². The van der Waals surface area contributed by atoms with E-state index in [0.29, 0.717) is 11.5 Å². The highest BCUT2D eigenvalue weighted by atomic mass is 32.1. The van der Waals surface area contributed by atoms with Crippen molar-refractivity contribution in [3.63, 3.8) is 0 Å². The normalized spacial score (nSPS) is 14.2. The number of amides is 2. The zero-order valence-electron chi connectivity index (χ0n) is 9.23. The fourth-order valence-electron chi connectivity index (χ4n) is 0.894. The van der Waals surface area contributed by atoms with Gasteiger partial charge in [0.15, 0.2) is 0 Å². The van der Waals surface area contributed by atoms with Crippen LogP contribution in [0.5, 0.6) is 0 Å². The summed E-state index contributed by atoms with van der Waals surface area (Å²) in [7, 11) is 3.29. The zero-order chi connectivity index (χ0) is 12.0. The minimum atomic E-state index is -0.557. The fourth-order valence-corrected chi connectivity index (χ4v) is 1.31. The van der Waals surface area contributed by atoms with Crippen molar-refractivity contribution in [1.29, 1.82) is 0 Å². The van der Waals surface area contributed by atoms with Gasteiger partial charge in [-0.25, -0.2) is 0 Å².